The summed E-state index contributed by atoms with van der Waals surface area (Å²) in [6, 6.07) is 3.29. The van der Waals surface area contributed by atoms with Crippen LogP contribution in [-0.2, 0) is 4.74 Å². The molecule has 1 aliphatic rings. The minimum atomic E-state index is -0.507. The molecule has 0 radical (unpaired) electrons. The molecule has 1 N–H and O–H groups in total. The van der Waals surface area contributed by atoms with E-state index in [0.717, 1.165) is 0 Å². The third-order valence-electron chi connectivity index (χ3n) is 3.15. The zero-order valence-electron chi connectivity index (χ0n) is 13.2. The number of rotatable bonds is 1. The summed E-state index contributed by atoms with van der Waals surface area (Å²) in [6.45, 7) is 7.42. The molecular formula is C15H22N4O3. The van der Waals surface area contributed by atoms with Gasteiger partial charge >= 0.3 is 12.1 Å². The second-order valence-electron chi connectivity index (χ2n) is 6.12. The van der Waals surface area contributed by atoms with Gasteiger partial charge in [-0.25, -0.2) is 9.59 Å². The summed E-state index contributed by atoms with van der Waals surface area (Å²) < 4.78 is 5.33. The van der Waals surface area contributed by atoms with Crippen molar-refractivity contribution in [3.05, 3.63) is 24.5 Å². The van der Waals surface area contributed by atoms with E-state index in [1.54, 1.807) is 34.3 Å². The number of hydrogen-bond donors (Lipinski definition) is 1. The fraction of sp³-hybridized carbons (Fsp3) is 0.533. The standard InChI is InChI=1S/C15H22N4O3/c1-15(2,3)22-14(21)19-10-8-18(9-11-19)13(20)17-12-4-6-16-7-5-12/h4-7H,8-11H2,1-3H3,(H,16,17,20). The second kappa shape index (κ2) is 6.64. The van der Waals surface area contributed by atoms with Crippen molar-refractivity contribution in [1.29, 1.82) is 0 Å². The number of carbonyl (C=O) groups is 2. The number of nitrogens with one attached hydrogen (secondary N) is 1. The van der Waals surface area contributed by atoms with Gasteiger partial charge in [-0.2, -0.15) is 0 Å². The summed E-state index contributed by atoms with van der Waals surface area (Å²) in [5.74, 6) is 0. The van der Waals surface area contributed by atoms with Gasteiger partial charge in [0.1, 0.15) is 5.60 Å². The van der Waals surface area contributed by atoms with Gasteiger partial charge in [0.05, 0.1) is 0 Å². The Hall–Kier alpha value is -2.31. The molecule has 0 bridgehead atoms. The van der Waals surface area contributed by atoms with E-state index in [0.29, 0.717) is 31.9 Å². The van der Waals surface area contributed by atoms with E-state index in [2.05, 4.69) is 10.3 Å². The van der Waals surface area contributed by atoms with Crippen LogP contribution in [0.4, 0.5) is 15.3 Å². The third-order valence-corrected chi connectivity index (χ3v) is 3.15. The van der Waals surface area contributed by atoms with Crippen LogP contribution in [-0.4, -0.2) is 58.7 Å². The Morgan fingerprint density at radius 1 is 1.09 bits per heavy atom. The largest absolute Gasteiger partial charge is 0.444 e. The number of anilines is 1. The summed E-state index contributed by atoms with van der Waals surface area (Å²) >= 11 is 0. The van der Waals surface area contributed by atoms with E-state index < -0.39 is 5.60 Å². The first-order chi connectivity index (χ1) is 10.3. The molecule has 7 nitrogen and oxygen atoms in total. The lowest BCUT2D eigenvalue weighted by molar-refractivity contribution is 0.0174. The number of carbonyl (C=O) groups excluding carboxylic acids is 2. The van der Waals surface area contributed by atoms with Crippen LogP contribution in [0.2, 0.25) is 0 Å². The predicted octanol–water partition coefficient (Wildman–Crippen LogP) is 2.17. The second-order valence-corrected chi connectivity index (χ2v) is 6.12. The molecule has 1 aromatic heterocycles. The molecule has 2 heterocycles. The molecule has 7 heteroatoms. The number of nitrogens with zero attached hydrogens (tertiary/aromatic N) is 3. The van der Waals surface area contributed by atoms with Crippen molar-refractivity contribution in [3.8, 4) is 0 Å². The van der Waals surface area contributed by atoms with Gasteiger partial charge < -0.3 is 19.9 Å². The smallest absolute Gasteiger partial charge is 0.410 e. The van der Waals surface area contributed by atoms with E-state index >= 15 is 0 Å². The van der Waals surface area contributed by atoms with Crippen LogP contribution in [0.25, 0.3) is 0 Å². The topological polar surface area (TPSA) is 74.8 Å². The molecular weight excluding hydrogens is 284 g/mol. The lowest BCUT2D eigenvalue weighted by Gasteiger charge is -2.35. The zero-order chi connectivity index (χ0) is 16.2. The van der Waals surface area contributed by atoms with E-state index in [-0.39, 0.29) is 12.1 Å². The molecule has 1 fully saturated rings. The van der Waals surface area contributed by atoms with Gasteiger partial charge in [0.25, 0.3) is 0 Å². The van der Waals surface area contributed by atoms with Crippen molar-refractivity contribution in [1.82, 2.24) is 14.8 Å². The number of piperazine rings is 1. The van der Waals surface area contributed by atoms with Crippen LogP contribution in [0.15, 0.2) is 24.5 Å². The molecule has 0 aliphatic carbocycles. The van der Waals surface area contributed by atoms with Crippen molar-refractivity contribution in [2.24, 2.45) is 0 Å². The molecule has 2 rings (SSSR count). The highest BCUT2D eigenvalue weighted by atomic mass is 16.6. The highest BCUT2D eigenvalue weighted by molar-refractivity contribution is 5.89. The van der Waals surface area contributed by atoms with Gasteiger partial charge in [-0.3, -0.25) is 4.98 Å². The van der Waals surface area contributed by atoms with Crippen molar-refractivity contribution in [3.63, 3.8) is 0 Å². The monoisotopic (exact) mass is 306 g/mol. The molecule has 0 saturated carbocycles. The Kier molecular flexibility index (Phi) is 4.85. The van der Waals surface area contributed by atoms with Gasteiger partial charge in [-0.1, -0.05) is 0 Å². The average Bonchev–Trinajstić information content (AvgIpc) is 2.46. The summed E-state index contributed by atoms with van der Waals surface area (Å²) in [5, 5.41) is 2.81. The Morgan fingerprint density at radius 2 is 1.64 bits per heavy atom. The first-order valence-electron chi connectivity index (χ1n) is 7.29. The Bertz CT molecular complexity index is 519. The highest BCUT2D eigenvalue weighted by Gasteiger charge is 2.27. The number of ether oxygens (including phenoxy) is 1. The maximum atomic E-state index is 12.1. The van der Waals surface area contributed by atoms with Crippen molar-refractivity contribution in [2.45, 2.75) is 26.4 Å². The van der Waals surface area contributed by atoms with Crippen molar-refractivity contribution in [2.75, 3.05) is 31.5 Å². The normalized spacial score (nSPS) is 15.4. The van der Waals surface area contributed by atoms with Gasteiger partial charge in [0, 0.05) is 44.3 Å². The van der Waals surface area contributed by atoms with E-state index in [9.17, 15) is 9.59 Å². The molecule has 0 spiro atoms. The molecule has 120 valence electrons. The molecule has 22 heavy (non-hydrogen) atoms. The van der Waals surface area contributed by atoms with Crippen LogP contribution < -0.4 is 5.32 Å². The average molecular weight is 306 g/mol. The van der Waals surface area contributed by atoms with Crippen LogP contribution in [0.1, 0.15) is 20.8 Å². The maximum absolute atomic E-state index is 12.1. The Balaban J connectivity index is 1.82. The summed E-state index contributed by atoms with van der Waals surface area (Å²) in [5.41, 5.74) is 0.196. The van der Waals surface area contributed by atoms with Crippen LogP contribution >= 0.6 is 0 Å². The number of amides is 3. The number of aromatic nitrogens is 1. The molecule has 1 saturated heterocycles. The lowest BCUT2D eigenvalue weighted by Crippen LogP contribution is -2.52. The summed E-state index contributed by atoms with van der Waals surface area (Å²) in [4.78, 5) is 31.3. The first-order valence-corrected chi connectivity index (χ1v) is 7.29. The quantitative estimate of drug-likeness (QED) is 0.863. The summed E-state index contributed by atoms with van der Waals surface area (Å²) in [6.07, 6.45) is 2.91. The van der Waals surface area contributed by atoms with Gasteiger partial charge in [-0.05, 0) is 32.9 Å². The number of hydrogen-bond acceptors (Lipinski definition) is 4. The van der Waals surface area contributed by atoms with Gasteiger partial charge in [0.2, 0.25) is 0 Å². The van der Waals surface area contributed by atoms with Crippen LogP contribution in [0.5, 0.6) is 0 Å². The molecule has 0 unspecified atom stereocenters. The summed E-state index contributed by atoms with van der Waals surface area (Å²) in [7, 11) is 0. The highest BCUT2D eigenvalue weighted by Crippen LogP contribution is 2.13. The Labute approximate surface area is 130 Å². The predicted molar refractivity (Wildman–Crippen MR) is 82.6 cm³/mol. The van der Waals surface area contributed by atoms with Crippen molar-refractivity contribution < 1.29 is 14.3 Å². The maximum Gasteiger partial charge on any atom is 0.410 e. The van der Waals surface area contributed by atoms with E-state index in [4.69, 9.17) is 4.74 Å². The van der Waals surface area contributed by atoms with E-state index in [1.807, 2.05) is 20.8 Å². The van der Waals surface area contributed by atoms with Crippen LogP contribution in [0, 0.1) is 0 Å². The fourth-order valence-corrected chi connectivity index (χ4v) is 2.06. The lowest BCUT2D eigenvalue weighted by atomic mass is 10.2. The minimum Gasteiger partial charge on any atom is -0.444 e. The third kappa shape index (κ3) is 4.61. The van der Waals surface area contributed by atoms with E-state index in [1.165, 1.54) is 0 Å². The van der Waals surface area contributed by atoms with Gasteiger partial charge in [0.15, 0.2) is 0 Å². The molecule has 3 amide bonds. The molecule has 0 aromatic carbocycles. The molecule has 0 atom stereocenters. The first kappa shape index (κ1) is 16.1. The zero-order valence-corrected chi connectivity index (χ0v) is 13.2. The number of pyridine rings is 1. The molecule has 1 aromatic rings. The number of urea groups is 1. The van der Waals surface area contributed by atoms with Crippen molar-refractivity contribution >= 4 is 17.8 Å². The van der Waals surface area contributed by atoms with Crippen LogP contribution in [0.3, 0.4) is 0 Å². The van der Waals surface area contributed by atoms with Gasteiger partial charge in [-0.15, -0.1) is 0 Å². The SMILES string of the molecule is CC(C)(C)OC(=O)N1CCN(C(=O)Nc2ccncc2)CC1. The minimum absolute atomic E-state index is 0.171. The molecule has 1 aliphatic heterocycles. The Morgan fingerprint density at radius 3 is 2.18 bits per heavy atom. The fourth-order valence-electron chi connectivity index (χ4n) is 2.06.